The van der Waals surface area contributed by atoms with E-state index in [1.165, 1.54) is 6.20 Å². The Bertz CT molecular complexity index is 748. The van der Waals surface area contributed by atoms with Crippen molar-refractivity contribution < 1.29 is 14.7 Å². The Kier molecular flexibility index (Phi) is 4.94. The monoisotopic (exact) mass is 344 g/mol. The van der Waals surface area contributed by atoms with Crippen molar-refractivity contribution in [1.29, 1.82) is 0 Å². The van der Waals surface area contributed by atoms with Crippen molar-refractivity contribution in [2.45, 2.75) is 6.54 Å². The van der Waals surface area contributed by atoms with Gasteiger partial charge in [-0.2, -0.15) is 5.10 Å². The van der Waals surface area contributed by atoms with E-state index < -0.39 is 11.9 Å². The molecule has 1 atom stereocenters. The minimum Gasteiger partial charge on any atom is -0.481 e. The van der Waals surface area contributed by atoms with Gasteiger partial charge in [-0.3, -0.25) is 19.6 Å². The number of hydrogen-bond acceptors (Lipinski definition) is 6. The highest BCUT2D eigenvalue weighted by molar-refractivity contribution is 5.92. The molecule has 2 aromatic rings. The molecule has 1 saturated heterocycles. The lowest BCUT2D eigenvalue weighted by Gasteiger charge is -2.22. The Hall–Kier alpha value is -2.94. The largest absolute Gasteiger partial charge is 0.481 e. The SMILES string of the molecule is Nc1ncccc1CN1CCN(C(=O)c2ccn[nH]2)C[C@H](C(=O)O)C1. The molecule has 0 spiro atoms. The summed E-state index contributed by atoms with van der Waals surface area (Å²) in [6.07, 6.45) is 3.11. The molecule has 0 bridgehead atoms. The van der Waals surface area contributed by atoms with Crippen molar-refractivity contribution in [3.8, 4) is 0 Å². The van der Waals surface area contributed by atoms with Crippen LogP contribution in [0.2, 0.25) is 0 Å². The Balaban J connectivity index is 1.75. The van der Waals surface area contributed by atoms with Crippen molar-refractivity contribution in [1.82, 2.24) is 25.0 Å². The van der Waals surface area contributed by atoms with Crippen molar-refractivity contribution in [2.24, 2.45) is 5.92 Å². The Morgan fingerprint density at radius 3 is 2.80 bits per heavy atom. The van der Waals surface area contributed by atoms with Crippen LogP contribution in [0.4, 0.5) is 5.82 Å². The minimum absolute atomic E-state index is 0.159. The third-order valence-electron chi connectivity index (χ3n) is 4.29. The van der Waals surface area contributed by atoms with Gasteiger partial charge in [-0.1, -0.05) is 6.07 Å². The number of hydrogen-bond donors (Lipinski definition) is 3. The summed E-state index contributed by atoms with van der Waals surface area (Å²) in [4.78, 5) is 31.7. The number of carbonyl (C=O) groups is 2. The van der Waals surface area contributed by atoms with Crippen LogP contribution in [-0.2, 0) is 11.3 Å². The first kappa shape index (κ1) is 16.9. The molecule has 1 aliphatic heterocycles. The smallest absolute Gasteiger partial charge is 0.309 e. The molecule has 3 heterocycles. The van der Waals surface area contributed by atoms with E-state index in [0.717, 1.165) is 5.56 Å². The molecule has 4 N–H and O–H groups in total. The molecule has 1 aliphatic rings. The van der Waals surface area contributed by atoms with Crippen LogP contribution in [0.5, 0.6) is 0 Å². The fourth-order valence-corrected chi connectivity index (χ4v) is 2.94. The Morgan fingerprint density at radius 2 is 2.12 bits per heavy atom. The second-order valence-electron chi connectivity index (χ2n) is 6.04. The first-order valence-electron chi connectivity index (χ1n) is 7.97. The number of amides is 1. The number of rotatable bonds is 4. The number of nitrogens with zero attached hydrogens (tertiary/aromatic N) is 4. The van der Waals surface area contributed by atoms with Gasteiger partial charge in [0, 0.05) is 50.7 Å². The van der Waals surface area contributed by atoms with Gasteiger partial charge in [0.15, 0.2) is 0 Å². The molecule has 1 fully saturated rings. The molecule has 9 heteroatoms. The van der Waals surface area contributed by atoms with E-state index in [4.69, 9.17) is 5.73 Å². The molecular formula is C16H20N6O3. The highest BCUT2D eigenvalue weighted by Crippen LogP contribution is 2.17. The predicted octanol–water partition coefficient (Wildman–Crippen LogP) is 0.0457. The zero-order valence-corrected chi connectivity index (χ0v) is 13.6. The second kappa shape index (κ2) is 7.31. The summed E-state index contributed by atoms with van der Waals surface area (Å²) in [7, 11) is 0. The van der Waals surface area contributed by atoms with Gasteiger partial charge >= 0.3 is 5.97 Å². The lowest BCUT2D eigenvalue weighted by molar-refractivity contribution is -0.142. The van der Waals surface area contributed by atoms with Crippen molar-refractivity contribution >= 4 is 17.7 Å². The van der Waals surface area contributed by atoms with E-state index in [9.17, 15) is 14.7 Å². The van der Waals surface area contributed by atoms with Crippen LogP contribution in [0.15, 0.2) is 30.6 Å². The van der Waals surface area contributed by atoms with Crippen molar-refractivity contribution in [3.63, 3.8) is 0 Å². The van der Waals surface area contributed by atoms with Crippen LogP contribution in [0.3, 0.4) is 0 Å². The molecular weight excluding hydrogens is 324 g/mol. The zero-order chi connectivity index (χ0) is 17.8. The standard InChI is InChI=1S/C16H20N6O3/c17-14-11(2-1-4-18-14)8-21-6-7-22(10-12(9-21)16(24)25)15(23)13-3-5-19-20-13/h1-5,12H,6-10H2,(H2,17,18)(H,19,20)(H,24,25)/t12-/m1/s1. The maximum Gasteiger partial charge on any atom is 0.309 e. The maximum atomic E-state index is 12.5. The van der Waals surface area contributed by atoms with Crippen LogP contribution in [0.25, 0.3) is 0 Å². The lowest BCUT2D eigenvalue weighted by atomic mass is 10.1. The Morgan fingerprint density at radius 1 is 1.28 bits per heavy atom. The third-order valence-corrected chi connectivity index (χ3v) is 4.29. The summed E-state index contributed by atoms with van der Waals surface area (Å²) in [5.41, 5.74) is 7.08. The molecule has 9 nitrogen and oxygen atoms in total. The maximum absolute atomic E-state index is 12.5. The number of nitrogen functional groups attached to an aromatic ring is 1. The predicted molar refractivity (Wildman–Crippen MR) is 89.5 cm³/mol. The van der Waals surface area contributed by atoms with Gasteiger partial charge in [0.05, 0.1) is 5.92 Å². The first-order chi connectivity index (χ1) is 12.0. The number of carbonyl (C=O) groups excluding carboxylic acids is 1. The highest BCUT2D eigenvalue weighted by atomic mass is 16.4. The fraction of sp³-hybridized carbons (Fsp3) is 0.375. The van der Waals surface area contributed by atoms with E-state index in [0.29, 0.717) is 37.7 Å². The molecule has 0 radical (unpaired) electrons. The molecule has 1 amide bonds. The second-order valence-corrected chi connectivity index (χ2v) is 6.04. The van der Waals surface area contributed by atoms with E-state index in [1.807, 2.05) is 11.0 Å². The van der Waals surface area contributed by atoms with Crippen molar-refractivity contribution in [2.75, 3.05) is 31.9 Å². The summed E-state index contributed by atoms with van der Waals surface area (Å²) in [6, 6.07) is 5.25. The van der Waals surface area contributed by atoms with Gasteiger partial charge in [0.2, 0.25) is 0 Å². The lowest BCUT2D eigenvalue weighted by Crippen LogP contribution is -2.38. The number of anilines is 1. The number of pyridine rings is 1. The number of carboxylic acid groups (broad SMARTS) is 1. The highest BCUT2D eigenvalue weighted by Gasteiger charge is 2.31. The number of nitrogens with two attached hydrogens (primary N) is 1. The first-order valence-corrected chi connectivity index (χ1v) is 7.97. The van der Waals surface area contributed by atoms with Crippen LogP contribution >= 0.6 is 0 Å². The quantitative estimate of drug-likeness (QED) is 0.714. The van der Waals surface area contributed by atoms with E-state index >= 15 is 0 Å². The van der Waals surface area contributed by atoms with Crippen molar-refractivity contribution in [3.05, 3.63) is 41.9 Å². The molecule has 0 aromatic carbocycles. The average Bonchev–Trinajstić information content (AvgIpc) is 3.04. The zero-order valence-electron chi connectivity index (χ0n) is 13.6. The summed E-state index contributed by atoms with van der Waals surface area (Å²) >= 11 is 0. The van der Waals surface area contributed by atoms with Gasteiger partial charge in [0.1, 0.15) is 11.5 Å². The number of nitrogens with one attached hydrogen (secondary N) is 1. The Labute approximate surface area is 144 Å². The molecule has 2 aromatic heterocycles. The summed E-state index contributed by atoms with van der Waals surface area (Å²) in [5, 5.41) is 15.9. The number of H-pyrrole nitrogens is 1. The number of aliphatic carboxylic acids is 1. The van der Waals surface area contributed by atoms with E-state index in [1.54, 1.807) is 23.2 Å². The molecule has 3 rings (SSSR count). The topological polar surface area (TPSA) is 128 Å². The molecule has 0 unspecified atom stereocenters. The van der Waals surface area contributed by atoms with Gasteiger partial charge in [-0.25, -0.2) is 4.98 Å². The third kappa shape index (κ3) is 3.94. The molecule has 25 heavy (non-hydrogen) atoms. The number of carboxylic acids is 1. The van der Waals surface area contributed by atoms with E-state index in [2.05, 4.69) is 15.2 Å². The van der Waals surface area contributed by atoms with E-state index in [-0.39, 0.29) is 12.5 Å². The molecule has 132 valence electrons. The van der Waals surface area contributed by atoms with Gasteiger partial charge in [-0.15, -0.1) is 0 Å². The van der Waals surface area contributed by atoms with Crippen LogP contribution in [-0.4, -0.2) is 68.1 Å². The van der Waals surface area contributed by atoms with Crippen LogP contribution in [0, 0.1) is 5.92 Å². The number of aromatic amines is 1. The summed E-state index contributed by atoms with van der Waals surface area (Å²) in [5.74, 6) is -1.41. The minimum atomic E-state index is -0.923. The van der Waals surface area contributed by atoms with Gasteiger partial charge in [0.25, 0.3) is 5.91 Å². The molecule has 0 saturated carbocycles. The number of aromatic nitrogens is 3. The normalized spacial score (nSPS) is 18.7. The fourth-order valence-electron chi connectivity index (χ4n) is 2.94. The van der Waals surface area contributed by atoms with Gasteiger partial charge < -0.3 is 15.7 Å². The van der Waals surface area contributed by atoms with Crippen LogP contribution in [0.1, 0.15) is 16.1 Å². The molecule has 0 aliphatic carbocycles. The summed E-state index contributed by atoms with van der Waals surface area (Å²) in [6.45, 7) is 1.98. The van der Waals surface area contributed by atoms with Crippen LogP contribution < -0.4 is 5.73 Å². The summed E-state index contributed by atoms with van der Waals surface area (Å²) < 4.78 is 0. The van der Waals surface area contributed by atoms with Gasteiger partial charge in [-0.05, 0) is 12.1 Å². The average molecular weight is 344 g/mol.